The zero-order valence-corrected chi connectivity index (χ0v) is 8.90. The molecule has 0 bridgehead atoms. The molecule has 2 nitrogen and oxygen atoms in total. The van der Waals surface area contributed by atoms with Gasteiger partial charge in [-0.3, -0.25) is 0 Å². The topological polar surface area (TPSA) is 21.3 Å². The maximum Gasteiger partial charge on any atom is 0.114 e. The van der Waals surface area contributed by atoms with Crippen molar-refractivity contribution >= 4 is 0 Å². The number of allylic oxidation sites excluding steroid dienone is 2. The van der Waals surface area contributed by atoms with E-state index in [4.69, 9.17) is 4.74 Å². The molecule has 0 radical (unpaired) electrons. The van der Waals surface area contributed by atoms with Gasteiger partial charge in [0.05, 0.1) is 12.8 Å². The van der Waals surface area contributed by atoms with Crippen LogP contribution in [0.2, 0.25) is 0 Å². The van der Waals surface area contributed by atoms with Gasteiger partial charge >= 0.3 is 0 Å². The number of rotatable bonds is 5. The van der Waals surface area contributed by atoms with Crippen LogP contribution in [-0.2, 0) is 4.74 Å². The van der Waals surface area contributed by atoms with Gasteiger partial charge in [-0.15, -0.1) is 0 Å². The summed E-state index contributed by atoms with van der Waals surface area (Å²) in [6.07, 6.45) is 0.955. The highest BCUT2D eigenvalue weighted by Crippen LogP contribution is 2.14. The lowest BCUT2D eigenvalue weighted by molar-refractivity contribution is 0.267. The van der Waals surface area contributed by atoms with Crippen LogP contribution in [0.1, 0.15) is 34.1 Å². The number of hydrogen-bond acceptors (Lipinski definition) is 2. The molecule has 72 valence electrons. The molecular formula is C10H21NO. The first-order valence-corrected chi connectivity index (χ1v) is 4.68. The van der Waals surface area contributed by atoms with Crippen LogP contribution in [-0.4, -0.2) is 13.7 Å². The quantitative estimate of drug-likeness (QED) is 0.642. The van der Waals surface area contributed by atoms with Crippen molar-refractivity contribution < 1.29 is 4.74 Å². The van der Waals surface area contributed by atoms with E-state index in [0.717, 1.165) is 18.7 Å². The molecule has 0 saturated heterocycles. The minimum Gasteiger partial charge on any atom is -0.499 e. The molecule has 0 rings (SSSR count). The fourth-order valence-corrected chi connectivity index (χ4v) is 1.26. The number of ether oxygens (including phenoxy) is 1. The molecule has 0 aliphatic heterocycles. The van der Waals surface area contributed by atoms with Crippen LogP contribution in [0.4, 0.5) is 0 Å². The molecule has 1 N–H and O–H groups in total. The third-order valence-corrected chi connectivity index (χ3v) is 1.81. The van der Waals surface area contributed by atoms with Gasteiger partial charge in [0.25, 0.3) is 0 Å². The summed E-state index contributed by atoms with van der Waals surface area (Å²) in [6, 6.07) is 0. The Morgan fingerprint density at radius 1 is 1.33 bits per heavy atom. The Morgan fingerprint density at radius 3 is 2.17 bits per heavy atom. The van der Waals surface area contributed by atoms with Crippen molar-refractivity contribution in [2.75, 3.05) is 13.7 Å². The van der Waals surface area contributed by atoms with Gasteiger partial charge in [-0.25, -0.2) is 0 Å². The molecule has 0 aromatic carbocycles. The van der Waals surface area contributed by atoms with Crippen LogP contribution in [0, 0.1) is 5.92 Å². The molecule has 2 heteroatoms. The highest BCUT2D eigenvalue weighted by atomic mass is 16.5. The van der Waals surface area contributed by atoms with Crippen molar-refractivity contribution in [3.63, 3.8) is 0 Å². The van der Waals surface area contributed by atoms with Crippen LogP contribution >= 0.6 is 0 Å². The summed E-state index contributed by atoms with van der Waals surface area (Å²) in [5.74, 6) is 1.59. The Hall–Kier alpha value is -0.660. The Morgan fingerprint density at radius 2 is 1.92 bits per heavy atom. The fraction of sp³-hybridized carbons (Fsp3) is 0.800. The molecule has 0 aliphatic rings. The molecule has 0 aliphatic carbocycles. The third-order valence-electron chi connectivity index (χ3n) is 1.81. The predicted octanol–water partition coefficient (Wildman–Crippen LogP) is 2.52. The van der Waals surface area contributed by atoms with Crippen molar-refractivity contribution in [1.29, 1.82) is 0 Å². The molecule has 0 atom stereocenters. The molecule has 12 heavy (non-hydrogen) atoms. The van der Waals surface area contributed by atoms with Crippen molar-refractivity contribution in [2.45, 2.75) is 34.1 Å². The molecule has 0 spiro atoms. The van der Waals surface area contributed by atoms with Gasteiger partial charge < -0.3 is 10.1 Å². The lowest BCUT2D eigenvalue weighted by Gasteiger charge is -2.17. The number of hydrogen-bond donors (Lipinski definition) is 1. The van der Waals surface area contributed by atoms with E-state index in [1.165, 1.54) is 5.70 Å². The van der Waals surface area contributed by atoms with Crippen molar-refractivity contribution in [1.82, 2.24) is 5.32 Å². The minimum atomic E-state index is 0.514. The second kappa shape index (κ2) is 5.92. The highest BCUT2D eigenvalue weighted by molar-refractivity contribution is 5.08. The second-order valence-corrected chi connectivity index (χ2v) is 3.08. The van der Waals surface area contributed by atoms with Gasteiger partial charge in [0.2, 0.25) is 0 Å². The van der Waals surface area contributed by atoms with E-state index in [2.05, 4.69) is 33.0 Å². The molecule has 0 aromatic heterocycles. The van der Waals surface area contributed by atoms with E-state index in [-0.39, 0.29) is 0 Å². The van der Waals surface area contributed by atoms with Crippen molar-refractivity contribution in [2.24, 2.45) is 5.92 Å². The summed E-state index contributed by atoms with van der Waals surface area (Å²) in [5, 5.41) is 3.34. The molecule has 0 heterocycles. The maximum absolute atomic E-state index is 5.29. The average Bonchev–Trinajstić information content (AvgIpc) is 2.05. The van der Waals surface area contributed by atoms with E-state index in [1.807, 2.05) is 0 Å². The van der Waals surface area contributed by atoms with Crippen LogP contribution in [0.25, 0.3) is 0 Å². The van der Waals surface area contributed by atoms with Crippen LogP contribution in [0.3, 0.4) is 0 Å². The van der Waals surface area contributed by atoms with Gasteiger partial charge in [-0.1, -0.05) is 20.8 Å². The Kier molecular flexibility index (Phi) is 5.60. The smallest absolute Gasteiger partial charge is 0.114 e. The summed E-state index contributed by atoms with van der Waals surface area (Å²) in [4.78, 5) is 0. The van der Waals surface area contributed by atoms with Crippen molar-refractivity contribution in [3.8, 4) is 0 Å². The summed E-state index contributed by atoms with van der Waals surface area (Å²) in [7, 11) is 1.73. The largest absolute Gasteiger partial charge is 0.499 e. The molecular weight excluding hydrogens is 150 g/mol. The fourth-order valence-electron chi connectivity index (χ4n) is 1.26. The van der Waals surface area contributed by atoms with Gasteiger partial charge in [0, 0.05) is 13.0 Å². The molecule has 0 amide bonds. The van der Waals surface area contributed by atoms with E-state index in [1.54, 1.807) is 7.11 Å². The monoisotopic (exact) mass is 171 g/mol. The molecule has 0 saturated carbocycles. The normalized spacial score (nSPS) is 12.8. The zero-order valence-electron chi connectivity index (χ0n) is 8.90. The molecule has 0 unspecified atom stereocenters. The van der Waals surface area contributed by atoms with Crippen LogP contribution < -0.4 is 5.32 Å². The van der Waals surface area contributed by atoms with E-state index < -0.39 is 0 Å². The summed E-state index contributed by atoms with van der Waals surface area (Å²) in [5.41, 5.74) is 1.24. The predicted molar refractivity (Wildman–Crippen MR) is 52.8 cm³/mol. The molecule has 0 aromatic rings. The first kappa shape index (κ1) is 11.3. The summed E-state index contributed by atoms with van der Waals surface area (Å²) in [6.45, 7) is 9.52. The first-order valence-electron chi connectivity index (χ1n) is 4.68. The molecule has 0 fully saturated rings. The minimum absolute atomic E-state index is 0.514. The van der Waals surface area contributed by atoms with Gasteiger partial charge in [-0.2, -0.15) is 0 Å². The number of nitrogens with one attached hydrogen (secondary N) is 1. The van der Waals surface area contributed by atoms with Crippen LogP contribution in [0.15, 0.2) is 11.5 Å². The Labute approximate surface area is 76.0 Å². The standard InChI is InChI=1S/C10H21NO/c1-6-9(12-5)10(8(3)4)11-7-2/h8,11H,6-7H2,1-5H3. The van der Waals surface area contributed by atoms with Gasteiger partial charge in [0.1, 0.15) is 5.76 Å². The van der Waals surface area contributed by atoms with Crippen LogP contribution in [0.5, 0.6) is 0 Å². The average molecular weight is 171 g/mol. The lowest BCUT2D eigenvalue weighted by atomic mass is 10.1. The lowest BCUT2D eigenvalue weighted by Crippen LogP contribution is -2.19. The summed E-state index contributed by atoms with van der Waals surface area (Å²) < 4.78 is 5.29. The summed E-state index contributed by atoms with van der Waals surface area (Å²) >= 11 is 0. The van der Waals surface area contributed by atoms with E-state index >= 15 is 0 Å². The first-order chi connectivity index (χ1) is 5.67. The van der Waals surface area contributed by atoms with Crippen molar-refractivity contribution in [3.05, 3.63) is 11.5 Å². The SMILES string of the molecule is CCNC(=C(CC)OC)C(C)C. The Bertz CT molecular complexity index is 144. The maximum atomic E-state index is 5.29. The second-order valence-electron chi connectivity index (χ2n) is 3.08. The van der Waals surface area contributed by atoms with Gasteiger partial charge in [-0.05, 0) is 12.8 Å². The van der Waals surface area contributed by atoms with Gasteiger partial charge in [0.15, 0.2) is 0 Å². The number of methoxy groups -OCH3 is 1. The zero-order chi connectivity index (χ0) is 9.56. The Balaban J connectivity index is 4.51. The third kappa shape index (κ3) is 3.16. The van der Waals surface area contributed by atoms with E-state index in [9.17, 15) is 0 Å². The van der Waals surface area contributed by atoms with E-state index in [0.29, 0.717) is 5.92 Å². The highest BCUT2D eigenvalue weighted by Gasteiger charge is 2.08.